The number of aromatic hydroxyl groups is 2. The summed E-state index contributed by atoms with van der Waals surface area (Å²) in [5.74, 6) is 0.220. The van der Waals surface area contributed by atoms with Crippen molar-refractivity contribution >= 4 is 16.5 Å². The van der Waals surface area contributed by atoms with E-state index in [4.69, 9.17) is 21.3 Å². The first kappa shape index (κ1) is 22.9. The Labute approximate surface area is 213 Å². The van der Waals surface area contributed by atoms with Crippen molar-refractivity contribution in [1.29, 1.82) is 5.26 Å². The summed E-state index contributed by atoms with van der Waals surface area (Å²) in [5.41, 5.74) is 0.0649. The van der Waals surface area contributed by atoms with Gasteiger partial charge in [-0.25, -0.2) is 4.85 Å². The highest BCUT2D eigenvalue weighted by Gasteiger charge is 2.66. The lowest BCUT2D eigenvalue weighted by atomic mass is 9.76. The van der Waals surface area contributed by atoms with E-state index in [1.165, 1.54) is 4.57 Å². The highest BCUT2D eigenvalue weighted by atomic mass is 16.6. The van der Waals surface area contributed by atoms with Gasteiger partial charge in [0.1, 0.15) is 17.0 Å². The van der Waals surface area contributed by atoms with Gasteiger partial charge in [0.25, 0.3) is 0 Å². The second-order valence-electron chi connectivity index (χ2n) is 9.65. The van der Waals surface area contributed by atoms with Gasteiger partial charge in [-0.05, 0) is 48.0 Å². The van der Waals surface area contributed by atoms with Gasteiger partial charge in [-0.3, -0.25) is 4.57 Å². The number of fused-ring (bicyclic) bond motifs is 6. The molecule has 37 heavy (non-hydrogen) atoms. The minimum atomic E-state index is -1.21. The molecule has 0 aliphatic carbocycles. The number of aliphatic hydroxyl groups is 1. The number of nitriles is 1. The van der Waals surface area contributed by atoms with Gasteiger partial charge in [-0.1, -0.05) is 30.3 Å². The maximum absolute atomic E-state index is 11.5. The topological polar surface area (TPSA) is 112 Å². The third kappa shape index (κ3) is 3.14. The summed E-state index contributed by atoms with van der Waals surface area (Å²) in [5, 5.41) is 44.3. The molecule has 6 rings (SSSR count). The number of hydrogen-bond acceptors (Lipinski definition) is 6. The maximum Gasteiger partial charge on any atom is 0.205 e. The molecule has 1 saturated heterocycles. The Morgan fingerprint density at radius 2 is 1.78 bits per heavy atom. The standard InChI is InChI=1S/C29H23N3O5/c1-28-23(33)15-29(37-28,13-14-36-18-9-7-17(16-30)8-10-18)25-24(28)26(34)32(27(25)35)22-12-11-21(31-2)19-5-3-4-6-20(19)22/h3-12,23,33-35H,13-15H2,1H3. The number of hydrogen-bond donors (Lipinski definition) is 3. The van der Waals surface area contributed by atoms with Crippen LogP contribution in [0.25, 0.3) is 21.3 Å². The maximum atomic E-state index is 11.5. The Balaban J connectivity index is 1.43. The zero-order chi connectivity index (χ0) is 25.9. The lowest BCUT2D eigenvalue weighted by molar-refractivity contribution is -0.107. The lowest BCUT2D eigenvalue weighted by Crippen LogP contribution is -2.33. The van der Waals surface area contributed by atoms with E-state index >= 15 is 0 Å². The lowest BCUT2D eigenvalue weighted by Gasteiger charge is -2.26. The van der Waals surface area contributed by atoms with E-state index in [0.717, 1.165) is 0 Å². The summed E-state index contributed by atoms with van der Waals surface area (Å²) in [6, 6.07) is 19.5. The summed E-state index contributed by atoms with van der Waals surface area (Å²) in [6.07, 6.45) is -0.333. The van der Waals surface area contributed by atoms with E-state index in [-0.39, 0.29) is 24.8 Å². The Kier molecular flexibility index (Phi) is 4.96. The molecule has 3 atom stereocenters. The van der Waals surface area contributed by atoms with Crippen LogP contribution in [-0.2, 0) is 15.9 Å². The second kappa shape index (κ2) is 8.01. The average Bonchev–Trinajstić information content (AvgIpc) is 3.44. The van der Waals surface area contributed by atoms with Crippen molar-refractivity contribution in [3.05, 3.63) is 88.8 Å². The Morgan fingerprint density at radius 3 is 2.49 bits per heavy atom. The van der Waals surface area contributed by atoms with Gasteiger partial charge < -0.3 is 24.8 Å². The number of rotatable bonds is 5. The van der Waals surface area contributed by atoms with Gasteiger partial charge in [-0.15, -0.1) is 0 Å². The molecule has 1 aromatic heterocycles. The monoisotopic (exact) mass is 493 g/mol. The van der Waals surface area contributed by atoms with Crippen molar-refractivity contribution in [2.24, 2.45) is 0 Å². The minimum absolute atomic E-state index is 0.165. The smallest absolute Gasteiger partial charge is 0.205 e. The number of aliphatic hydroxyl groups excluding tert-OH is 1. The van der Waals surface area contributed by atoms with Crippen molar-refractivity contribution in [2.45, 2.75) is 37.1 Å². The summed E-state index contributed by atoms with van der Waals surface area (Å²) < 4.78 is 13.6. The molecule has 4 aromatic rings. The second-order valence-corrected chi connectivity index (χ2v) is 9.65. The van der Waals surface area contributed by atoms with Gasteiger partial charge >= 0.3 is 0 Å². The summed E-state index contributed by atoms with van der Waals surface area (Å²) >= 11 is 0. The quantitative estimate of drug-likeness (QED) is 0.332. The zero-order valence-corrected chi connectivity index (χ0v) is 20.0. The van der Waals surface area contributed by atoms with Crippen LogP contribution in [0.5, 0.6) is 17.5 Å². The van der Waals surface area contributed by atoms with Crippen LogP contribution in [0.2, 0.25) is 0 Å². The molecule has 8 heteroatoms. The van der Waals surface area contributed by atoms with Crippen LogP contribution in [0, 0.1) is 17.9 Å². The van der Waals surface area contributed by atoms with Crippen LogP contribution in [-0.4, -0.2) is 32.6 Å². The molecular formula is C29H23N3O5. The average molecular weight is 494 g/mol. The van der Waals surface area contributed by atoms with E-state index in [0.29, 0.717) is 51.0 Å². The molecule has 0 radical (unpaired) electrons. The SMILES string of the molecule is [C-]#[N+]c1ccc(-n2c(O)c3c(c2O)C2(C)OC3(CCOc3ccc(C#N)cc3)CC2O)c2ccccc12. The van der Waals surface area contributed by atoms with E-state index in [1.807, 2.05) is 24.3 Å². The van der Waals surface area contributed by atoms with Crippen LogP contribution in [0.15, 0.2) is 60.7 Å². The van der Waals surface area contributed by atoms with E-state index in [2.05, 4.69) is 10.9 Å². The predicted octanol–water partition coefficient (Wildman–Crippen LogP) is 5.14. The summed E-state index contributed by atoms with van der Waals surface area (Å²) in [7, 11) is 0. The van der Waals surface area contributed by atoms with Crippen LogP contribution in [0.1, 0.15) is 36.5 Å². The Morgan fingerprint density at radius 1 is 1.08 bits per heavy atom. The largest absolute Gasteiger partial charge is 0.494 e. The fourth-order valence-corrected chi connectivity index (χ4v) is 5.87. The van der Waals surface area contributed by atoms with E-state index < -0.39 is 17.3 Å². The van der Waals surface area contributed by atoms with Gasteiger partial charge in [0, 0.05) is 12.8 Å². The molecule has 0 spiro atoms. The van der Waals surface area contributed by atoms with Crippen molar-refractivity contribution in [3.8, 4) is 29.3 Å². The fraction of sp³-hybridized carbons (Fsp3) is 0.241. The molecule has 2 aliphatic heterocycles. The number of ether oxygens (including phenoxy) is 2. The van der Waals surface area contributed by atoms with Crippen LogP contribution in [0.4, 0.5) is 5.69 Å². The molecule has 184 valence electrons. The fourth-order valence-electron chi connectivity index (χ4n) is 5.87. The van der Waals surface area contributed by atoms with Crippen LogP contribution >= 0.6 is 0 Å². The van der Waals surface area contributed by atoms with Crippen LogP contribution < -0.4 is 4.74 Å². The molecule has 3 unspecified atom stereocenters. The molecule has 8 nitrogen and oxygen atoms in total. The molecule has 2 aliphatic rings. The van der Waals surface area contributed by atoms with E-state index in [1.54, 1.807) is 43.3 Å². The molecule has 1 fully saturated rings. The summed E-state index contributed by atoms with van der Waals surface area (Å²) in [4.78, 5) is 3.60. The van der Waals surface area contributed by atoms with Gasteiger partial charge in [0.2, 0.25) is 11.8 Å². The van der Waals surface area contributed by atoms with Crippen molar-refractivity contribution < 1.29 is 24.8 Å². The summed E-state index contributed by atoms with van der Waals surface area (Å²) in [6.45, 7) is 9.44. The van der Waals surface area contributed by atoms with Crippen molar-refractivity contribution in [2.75, 3.05) is 6.61 Å². The first-order valence-corrected chi connectivity index (χ1v) is 11.9. The molecule has 3 aromatic carbocycles. The first-order valence-electron chi connectivity index (χ1n) is 11.9. The van der Waals surface area contributed by atoms with Gasteiger partial charge in [0.15, 0.2) is 5.69 Å². The van der Waals surface area contributed by atoms with E-state index in [9.17, 15) is 15.3 Å². The Hall–Kier alpha value is -4.50. The van der Waals surface area contributed by atoms with Crippen molar-refractivity contribution in [1.82, 2.24) is 4.57 Å². The molecule has 3 heterocycles. The predicted molar refractivity (Wildman–Crippen MR) is 135 cm³/mol. The highest BCUT2D eigenvalue weighted by Crippen LogP contribution is 2.65. The Bertz CT molecular complexity index is 1650. The molecule has 0 saturated carbocycles. The number of nitrogens with zero attached hydrogens (tertiary/aromatic N) is 3. The number of benzene rings is 3. The van der Waals surface area contributed by atoms with Crippen LogP contribution in [0.3, 0.4) is 0 Å². The third-order valence-corrected chi connectivity index (χ3v) is 7.64. The third-order valence-electron chi connectivity index (χ3n) is 7.64. The minimum Gasteiger partial charge on any atom is -0.494 e. The van der Waals surface area contributed by atoms with Gasteiger partial charge in [-0.2, -0.15) is 5.26 Å². The number of aromatic nitrogens is 1. The first-order chi connectivity index (χ1) is 17.8. The molecule has 3 N–H and O–H groups in total. The molecule has 0 amide bonds. The molecule has 2 bridgehead atoms. The zero-order valence-electron chi connectivity index (χ0n) is 20.0. The molecular weight excluding hydrogens is 470 g/mol. The normalized spacial score (nSPS) is 23.5. The van der Waals surface area contributed by atoms with Gasteiger partial charge in [0.05, 0.1) is 47.7 Å². The van der Waals surface area contributed by atoms with Crippen molar-refractivity contribution in [3.63, 3.8) is 0 Å². The highest BCUT2D eigenvalue weighted by molar-refractivity contribution is 6.00.